The fourth-order valence-electron chi connectivity index (χ4n) is 4.27. The molecule has 0 saturated heterocycles. The zero-order valence-corrected chi connectivity index (χ0v) is 26.4. The van der Waals surface area contributed by atoms with E-state index in [9.17, 15) is 31.2 Å². The molecule has 0 aliphatic rings. The van der Waals surface area contributed by atoms with Crippen LogP contribution in [-0.4, -0.2) is 63.4 Å². The summed E-state index contributed by atoms with van der Waals surface area (Å²) in [6, 6.07) is 16.3. The fraction of sp³-hybridized carbons (Fsp3) is 0.167. The molecule has 18 heteroatoms. The summed E-state index contributed by atoms with van der Waals surface area (Å²) in [7, 11) is -2.47. The Bertz CT molecular complexity index is 2170. The molecule has 3 heterocycles. The summed E-state index contributed by atoms with van der Waals surface area (Å²) in [5.41, 5.74) is 3.55. The Hall–Kier alpha value is -5.28. The summed E-state index contributed by atoms with van der Waals surface area (Å²) < 4.78 is 77.9. The number of hydrogen-bond acceptors (Lipinski definition) is 9. The van der Waals surface area contributed by atoms with Gasteiger partial charge in [-0.05, 0) is 48.5 Å². The highest BCUT2D eigenvalue weighted by Crippen LogP contribution is 2.36. The van der Waals surface area contributed by atoms with Crippen molar-refractivity contribution >= 4 is 38.8 Å². The number of halogens is 4. The van der Waals surface area contributed by atoms with Crippen molar-refractivity contribution in [2.75, 3.05) is 20.1 Å². The van der Waals surface area contributed by atoms with Crippen molar-refractivity contribution in [1.82, 2.24) is 24.2 Å². The lowest BCUT2D eigenvalue weighted by molar-refractivity contribution is -0.138. The van der Waals surface area contributed by atoms with Gasteiger partial charge < -0.3 is 19.9 Å². The third-order valence-electron chi connectivity index (χ3n) is 6.50. The molecule has 0 radical (unpaired) electrons. The van der Waals surface area contributed by atoms with Crippen LogP contribution < -0.4 is 16.0 Å². The molecule has 0 spiro atoms. The number of ether oxygens (including phenoxy) is 1. The van der Waals surface area contributed by atoms with Crippen LogP contribution in [0.15, 0.2) is 88.8 Å². The second kappa shape index (κ2) is 14.6. The van der Waals surface area contributed by atoms with Gasteiger partial charge in [-0.25, -0.2) is 9.78 Å². The molecule has 2 aromatic carbocycles. The molecular weight excluding hydrogens is 679 g/mol. The Morgan fingerprint density at radius 1 is 1.15 bits per heavy atom. The lowest BCUT2D eigenvalue weighted by atomic mass is 10.2. The van der Waals surface area contributed by atoms with Crippen molar-refractivity contribution in [1.29, 1.82) is 5.26 Å². The molecule has 5 aromatic rings. The summed E-state index contributed by atoms with van der Waals surface area (Å²) in [6.07, 6.45) is -2.50. The van der Waals surface area contributed by atoms with Gasteiger partial charge in [0.1, 0.15) is 11.3 Å². The predicted octanol–water partition coefficient (Wildman–Crippen LogP) is 4.77. The Morgan fingerprint density at radius 2 is 1.85 bits per heavy atom. The van der Waals surface area contributed by atoms with Gasteiger partial charge >= 0.3 is 12.2 Å². The Balaban J connectivity index is 0.000000445. The van der Waals surface area contributed by atoms with Crippen LogP contribution in [0.5, 0.6) is 11.5 Å². The number of carbonyl (C=O) groups is 1. The van der Waals surface area contributed by atoms with Gasteiger partial charge in [-0.15, -0.1) is 0 Å². The number of fused-ring (bicyclic) bond motifs is 1. The summed E-state index contributed by atoms with van der Waals surface area (Å²) in [5, 5.41) is 13.9. The number of likely N-dealkylation sites (N-methyl/N-ethyl adjacent to an activating group) is 1. The number of nitriles is 1. The number of nitrogens with two attached hydrogens (primary N) is 1. The van der Waals surface area contributed by atoms with Crippen LogP contribution in [-0.2, 0) is 22.8 Å². The van der Waals surface area contributed by atoms with Gasteiger partial charge in [0.25, 0.3) is 15.7 Å². The molecule has 250 valence electrons. The highest BCUT2D eigenvalue weighted by atomic mass is 35.5. The maximum atomic E-state index is 13.8. The predicted molar refractivity (Wildman–Crippen MR) is 167 cm³/mol. The SMILES string of the molecule is CN(CCN)C(=O)n1nc(Cn2ccc(C(F)(F)F)c(Oc3cc(Cl)cc(C#N)c3)c2=O)c2cccnc21.O=S(=O)(O)c1ccccc1. The number of rotatable bonds is 7. The van der Waals surface area contributed by atoms with E-state index in [-0.39, 0.29) is 52.2 Å². The number of carbonyl (C=O) groups excluding carboxylic acids is 1. The highest BCUT2D eigenvalue weighted by Gasteiger charge is 2.37. The minimum atomic E-state index is -4.91. The number of benzene rings is 2. The van der Waals surface area contributed by atoms with Gasteiger partial charge in [-0.1, -0.05) is 29.8 Å². The maximum absolute atomic E-state index is 13.8. The number of nitrogens with zero attached hydrogens (tertiary/aromatic N) is 6. The molecule has 3 aromatic heterocycles. The van der Waals surface area contributed by atoms with Crippen LogP contribution in [0, 0.1) is 11.3 Å². The molecule has 0 aliphatic carbocycles. The zero-order chi connectivity index (χ0) is 35.2. The van der Waals surface area contributed by atoms with Gasteiger partial charge in [0.2, 0.25) is 5.75 Å². The van der Waals surface area contributed by atoms with Gasteiger partial charge in [0.05, 0.1) is 28.8 Å². The van der Waals surface area contributed by atoms with E-state index in [1.54, 1.807) is 30.3 Å². The third kappa shape index (κ3) is 8.35. The highest BCUT2D eigenvalue weighted by molar-refractivity contribution is 7.85. The molecule has 0 bridgehead atoms. The molecule has 5 rings (SSSR count). The van der Waals surface area contributed by atoms with Crippen molar-refractivity contribution < 1.29 is 35.7 Å². The minimum Gasteiger partial charge on any atom is -0.451 e. The maximum Gasteiger partial charge on any atom is 0.420 e. The first-order valence-electron chi connectivity index (χ1n) is 13.6. The van der Waals surface area contributed by atoms with Crippen LogP contribution >= 0.6 is 11.6 Å². The minimum absolute atomic E-state index is 0.0334. The van der Waals surface area contributed by atoms with Crippen LogP contribution in [0.25, 0.3) is 11.0 Å². The monoisotopic (exact) mass is 703 g/mol. The summed E-state index contributed by atoms with van der Waals surface area (Å²) in [6.45, 7) is 0.168. The average Bonchev–Trinajstić information content (AvgIpc) is 3.40. The van der Waals surface area contributed by atoms with Crippen LogP contribution in [0.1, 0.15) is 16.8 Å². The van der Waals surface area contributed by atoms with Gasteiger partial charge in [-0.3, -0.25) is 9.35 Å². The number of aromatic nitrogens is 4. The van der Waals surface area contributed by atoms with E-state index >= 15 is 0 Å². The molecule has 3 N–H and O–H groups in total. The first-order valence-corrected chi connectivity index (χ1v) is 15.5. The van der Waals surface area contributed by atoms with Gasteiger partial charge in [-0.2, -0.15) is 36.6 Å². The Labute approximate surface area is 275 Å². The summed E-state index contributed by atoms with van der Waals surface area (Å²) >= 11 is 5.94. The topological polar surface area (TPSA) is 186 Å². The van der Waals surface area contributed by atoms with E-state index in [2.05, 4.69) is 10.1 Å². The van der Waals surface area contributed by atoms with Crippen molar-refractivity contribution in [2.45, 2.75) is 17.6 Å². The van der Waals surface area contributed by atoms with Gasteiger partial charge in [0.15, 0.2) is 5.65 Å². The summed E-state index contributed by atoms with van der Waals surface area (Å²) in [4.78, 5) is 31.6. The largest absolute Gasteiger partial charge is 0.451 e. The lowest BCUT2D eigenvalue weighted by Gasteiger charge is -2.16. The molecular formula is C30H25ClF3N7O6S. The molecule has 0 unspecified atom stereocenters. The molecule has 48 heavy (non-hydrogen) atoms. The number of amides is 1. The van der Waals surface area contributed by atoms with E-state index in [0.29, 0.717) is 11.5 Å². The van der Waals surface area contributed by atoms with Crippen LogP contribution in [0.3, 0.4) is 0 Å². The second-order valence-corrected chi connectivity index (χ2v) is 11.8. The quantitative estimate of drug-likeness (QED) is 0.224. The van der Waals surface area contributed by atoms with E-state index in [1.807, 2.05) is 6.07 Å². The number of alkyl halides is 3. The normalized spacial score (nSPS) is 11.4. The number of pyridine rings is 2. The molecule has 0 aliphatic heterocycles. The standard InChI is InChI=1S/C24H19ClF3N7O3.C6H6O3S/c1-33(8-5-29)23(37)35-21-17(3-2-6-31-21)19(32-35)13-34-7-4-18(24(26,27)28)20(22(34)36)38-16-10-14(12-30)9-15(25)11-16;7-10(8,9)6-4-2-1-3-5-6/h2-4,6-7,9-11H,5,8,13,29H2,1H3;1-5H,(H,7,8,9). The van der Waals surface area contributed by atoms with Crippen LogP contribution in [0.2, 0.25) is 5.02 Å². The van der Waals surface area contributed by atoms with Crippen molar-refractivity contribution in [2.24, 2.45) is 5.73 Å². The van der Waals surface area contributed by atoms with E-state index in [4.69, 9.17) is 31.9 Å². The molecule has 1 amide bonds. The molecule has 0 fully saturated rings. The van der Waals surface area contributed by atoms with E-state index < -0.39 is 39.2 Å². The third-order valence-corrected chi connectivity index (χ3v) is 7.59. The molecule has 0 atom stereocenters. The Morgan fingerprint density at radius 3 is 2.46 bits per heavy atom. The smallest absolute Gasteiger partial charge is 0.420 e. The number of hydrogen-bond donors (Lipinski definition) is 2. The van der Waals surface area contributed by atoms with Crippen molar-refractivity contribution in [3.63, 3.8) is 0 Å². The first kappa shape index (κ1) is 35.6. The van der Waals surface area contributed by atoms with E-state index in [0.717, 1.165) is 21.5 Å². The molecule has 13 nitrogen and oxygen atoms in total. The Kier molecular flexibility index (Phi) is 10.9. The lowest BCUT2D eigenvalue weighted by Crippen LogP contribution is -2.35. The second-order valence-electron chi connectivity index (χ2n) is 9.89. The van der Waals surface area contributed by atoms with Crippen molar-refractivity contribution in [3.05, 3.63) is 111 Å². The average molecular weight is 704 g/mol. The fourth-order valence-corrected chi connectivity index (χ4v) is 5.00. The first-order chi connectivity index (χ1) is 22.6. The summed E-state index contributed by atoms with van der Waals surface area (Å²) in [5.74, 6) is -1.23. The van der Waals surface area contributed by atoms with E-state index in [1.165, 1.54) is 42.4 Å². The zero-order valence-electron chi connectivity index (χ0n) is 24.8. The van der Waals surface area contributed by atoms with Crippen molar-refractivity contribution in [3.8, 4) is 17.6 Å². The van der Waals surface area contributed by atoms with Crippen LogP contribution in [0.4, 0.5) is 18.0 Å². The van der Waals surface area contributed by atoms with Gasteiger partial charge in [0, 0.05) is 42.9 Å². The molecule has 0 saturated carbocycles.